The van der Waals surface area contributed by atoms with Gasteiger partial charge in [0, 0.05) is 17.3 Å². The van der Waals surface area contributed by atoms with Gasteiger partial charge in [0.25, 0.3) is 0 Å². The van der Waals surface area contributed by atoms with Crippen molar-refractivity contribution in [2.24, 2.45) is 0 Å². The van der Waals surface area contributed by atoms with Crippen molar-refractivity contribution < 1.29 is 9.53 Å². The first-order valence-corrected chi connectivity index (χ1v) is 8.79. The first-order chi connectivity index (χ1) is 12.0. The summed E-state index contributed by atoms with van der Waals surface area (Å²) in [6, 6.07) is 14.9. The number of carbonyl (C=O) groups is 1. The number of amides is 1. The third-order valence-electron chi connectivity index (χ3n) is 4.06. The van der Waals surface area contributed by atoms with Gasteiger partial charge >= 0.3 is 0 Å². The topological polar surface area (TPSA) is 41.6 Å². The van der Waals surface area contributed by atoms with Crippen LogP contribution in [0.5, 0.6) is 5.75 Å². The standard InChI is InChI=1S/C20H25ClN2O2/c1-15-6-4-7-18(14-15)22-20(24)16(2)23(3)12-5-13-25-19-10-8-17(21)9-11-19/h4,6-11,14,16H,5,12-13H2,1-3H3,(H,22,24)/t16-/m1/s1. The quantitative estimate of drug-likeness (QED) is 0.710. The van der Waals surface area contributed by atoms with Gasteiger partial charge in [-0.15, -0.1) is 0 Å². The van der Waals surface area contributed by atoms with Gasteiger partial charge in [0.15, 0.2) is 0 Å². The highest BCUT2D eigenvalue weighted by molar-refractivity contribution is 6.30. The van der Waals surface area contributed by atoms with Crippen LogP contribution in [0.15, 0.2) is 48.5 Å². The van der Waals surface area contributed by atoms with Gasteiger partial charge in [-0.2, -0.15) is 0 Å². The fourth-order valence-corrected chi connectivity index (χ4v) is 2.52. The van der Waals surface area contributed by atoms with Crippen LogP contribution in [0.1, 0.15) is 18.9 Å². The average Bonchev–Trinajstić information content (AvgIpc) is 2.59. The van der Waals surface area contributed by atoms with E-state index in [9.17, 15) is 4.79 Å². The van der Waals surface area contributed by atoms with E-state index in [0.717, 1.165) is 30.0 Å². The van der Waals surface area contributed by atoms with Gasteiger partial charge in [-0.05, 0) is 69.3 Å². The zero-order valence-electron chi connectivity index (χ0n) is 15.0. The number of hydrogen-bond acceptors (Lipinski definition) is 3. The number of halogens is 1. The second-order valence-corrected chi connectivity index (χ2v) is 6.61. The molecule has 0 unspecified atom stereocenters. The Hall–Kier alpha value is -2.04. The van der Waals surface area contributed by atoms with Crippen molar-refractivity contribution in [3.05, 3.63) is 59.1 Å². The van der Waals surface area contributed by atoms with Crippen molar-refractivity contribution in [3.63, 3.8) is 0 Å². The molecule has 0 saturated carbocycles. The van der Waals surface area contributed by atoms with Crippen LogP contribution < -0.4 is 10.1 Å². The monoisotopic (exact) mass is 360 g/mol. The first kappa shape index (κ1) is 19.3. The number of nitrogens with one attached hydrogen (secondary N) is 1. The van der Waals surface area contributed by atoms with E-state index in [1.807, 2.05) is 62.2 Å². The summed E-state index contributed by atoms with van der Waals surface area (Å²) in [6.45, 7) is 5.28. The number of likely N-dealkylation sites (N-methyl/N-ethyl adjacent to an activating group) is 1. The van der Waals surface area contributed by atoms with E-state index < -0.39 is 0 Å². The molecule has 0 spiro atoms. The Labute approximate surface area is 154 Å². The SMILES string of the molecule is Cc1cccc(NC(=O)[C@@H](C)N(C)CCCOc2ccc(Cl)cc2)c1. The largest absolute Gasteiger partial charge is 0.494 e. The highest BCUT2D eigenvalue weighted by Crippen LogP contribution is 2.15. The Kier molecular flexibility index (Phi) is 7.29. The fraction of sp³-hybridized carbons (Fsp3) is 0.350. The fourth-order valence-electron chi connectivity index (χ4n) is 2.40. The van der Waals surface area contributed by atoms with Gasteiger partial charge in [-0.1, -0.05) is 23.7 Å². The van der Waals surface area contributed by atoms with Gasteiger partial charge in [0.2, 0.25) is 5.91 Å². The lowest BCUT2D eigenvalue weighted by Gasteiger charge is -2.24. The van der Waals surface area contributed by atoms with Crippen LogP contribution in [0.4, 0.5) is 5.69 Å². The van der Waals surface area contributed by atoms with Crippen LogP contribution in [0.2, 0.25) is 5.02 Å². The summed E-state index contributed by atoms with van der Waals surface area (Å²) in [5.74, 6) is 0.795. The second-order valence-electron chi connectivity index (χ2n) is 6.17. The Bertz CT molecular complexity index is 688. The van der Waals surface area contributed by atoms with Crippen molar-refractivity contribution in [1.29, 1.82) is 0 Å². The van der Waals surface area contributed by atoms with Crippen LogP contribution in [-0.2, 0) is 4.79 Å². The molecule has 1 amide bonds. The predicted octanol–water partition coefficient (Wildman–Crippen LogP) is 4.38. The molecule has 134 valence electrons. The van der Waals surface area contributed by atoms with E-state index in [1.54, 1.807) is 12.1 Å². The summed E-state index contributed by atoms with van der Waals surface area (Å²) < 4.78 is 5.67. The van der Waals surface area contributed by atoms with E-state index in [-0.39, 0.29) is 11.9 Å². The molecular formula is C20H25ClN2O2. The van der Waals surface area contributed by atoms with E-state index in [2.05, 4.69) is 5.32 Å². The molecule has 25 heavy (non-hydrogen) atoms. The first-order valence-electron chi connectivity index (χ1n) is 8.42. The highest BCUT2D eigenvalue weighted by Gasteiger charge is 2.17. The van der Waals surface area contributed by atoms with Crippen LogP contribution in [0.3, 0.4) is 0 Å². The summed E-state index contributed by atoms with van der Waals surface area (Å²) in [7, 11) is 1.95. The number of ether oxygens (including phenoxy) is 1. The van der Waals surface area contributed by atoms with Gasteiger partial charge < -0.3 is 10.1 Å². The van der Waals surface area contributed by atoms with Crippen molar-refractivity contribution >= 4 is 23.2 Å². The molecule has 0 aliphatic heterocycles. The second kappa shape index (κ2) is 9.44. The highest BCUT2D eigenvalue weighted by atomic mass is 35.5. The molecule has 2 aromatic carbocycles. The molecule has 2 rings (SSSR count). The number of aryl methyl sites for hydroxylation is 1. The Morgan fingerprint density at radius 2 is 1.96 bits per heavy atom. The Morgan fingerprint density at radius 1 is 1.24 bits per heavy atom. The third-order valence-corrected chi connectivity index (χ3v) is 4.32. The van der Waals surface area contributed by atoms with Gasteiger partial charge in [-0.25, -0.2) is 0 Å². The van der Waals surface area contributed by atoms with E-state index in [1.165, 1.54) is 0 Å². The smallest absolute Gasteiger partial charge is 0.241 e. The summed E-state index contributed by atoms with van der Waals surface area (Å²) >= 11 is 5.85. The number of hydrogen-bond donors (Lipinski definition) is 1. The van der Waals surface area contributed by atoms with E-state index in [0.29, 0.717) is 11.6 Å². The number of benzene rings is 2. The minimum absolute atomic E-state index is 0.00767. The molecule has 0 saturated heterocycles. The Balaban J connectivity index is 1.72. The molecular weight excluding hydrogens is 336 g/mol. The summed E-state index contributed by atoms with van der Waals surface area (Å²) in [4.78, 5) is 14.4. The van der Waals surface area contributed by atoms with Crippen molar-refractivity contribution in [2.45, 2.75) is 26.3 Å². The van der Waals surface area contributed by atoms with E-state index in [4.69, 9.17) is 16.3 Å². The Morgan fingerprint density at radius 3 is 2.64 bits per heavy atom. The maximum atomic E-state index is 12.4. The normalized spacial score (nSPS) is 12.0. The summed E-state index contributed by atoms with van der Waals surface area (Å²) in [5.41, 5.74) is 1.95. The maximum Gasteiger partial charge on any atom is 0.241 e. The lowest BCUT2D eigenvalue weighted by atomic mass is 10.2. The lowest BCUT2D eigenvalue weighted by molar-refractivity contribution is -0.120. The number of rotatable bonds is 8. The molecule has 5 heteroatoms. The number of anilines is 1. The van der Waals surface area contributed by atoms with Crippen molar-refractivity contribution in [2.75, 3.05) is 25.5 Å². The minimum Gasteiger partial charge on any atom is -0.494 e. The van der Waals surface area contributed by atoms with Gasteiger partial charge in [0.1, 0.15) is 5.75 Å². The zero-order valence-corrected chi connectivity index (χ0v) is 15.7. The molecule has 0 bridgehead atoms. The summed E-state index contributed by atoms with van der Waals surface area (Å²) in [6.07, 6.45) is 0.835. The summed E-state index contributed by atoms with van der Waals surface area (Å²) in [5, 5.41) is 3.66. The van der Waals surface area contributed by atoms with Crippen LogP contribution in [0, 0.1) is 6.92 Å². The van der Waals surface area contributed by atoms with E-state index >= 15 is 0 Å². The van der Waals surface area contributed by atoms with Crippen LogP contribution in [-0.4, -0.2) is 37.0 Å². The molecule has 0 heterocycles. The maximum absolute atomic E-state index is 12.4. The van der Waals surface area contributed by atoms with Crippen LogP contribution >= 0.6 is 11.6 Å². The van der Waals surface area contributed by atoms with Crippen molar-refractivity contribution in [1.82, 2.24) is 4.90 Å². The number of nitrogens with zero attached hydrogens (tertiary/aromatic N) is 1. The molecule has 0 radical (unpaired) electrons. The predicted molar refractivity (Wildman–Crippen MR) is 103 cm³/mol. The number of carbonyl (C=O) groups excluding carboxylic acids is 1. The molecule has 2 aromatic rings. The molecule has 0 aliphatic carbocycles. The molecule has 0 aromatic heterocycles. The molecule has 1 N–H and O–H groups in total. The molecule has 1 atom stereocenters. The van der Waals surface area contributed by atoms with Crippen molar-refractivity contribution in [3.8, 4) is 5.75 Å². The average molecular weight is 361 g/mol. The van der Waals surface area contributed by atoms with Crippen LogP contribution in [0.25, 0.3) is 0 Å². The van der Waals surface area contributed by atoms with Gasteiger partial charge in [-0.3, -0.25) is 9.69 Å². The molecule has 4 nitrogen and oxygen atoms in total. The molecule has 0 fully saturated rings. The third kappa shape index (κ3) is 6.40. The zero-order chi connectivity index (χ0) is 18.2. The van der Waals surface area contributed by atoms with Gasteiger partial charge in [0.05, 0.1) is 12.6 Å². The molecule has 0 aliphatic rings. The minimum atomic E-state index is -0.212. The lowest BCUT2D eigenvalue weighted by Crippen LogP contribution is -2.40.